The summed E-state index contributed by atoms with van der Waals surface area (Å²) in [6.07, 6.45) is 2.74. The lowest BCUT2D eigenvalue weighted by Gasteiger charge is -2.05. The number of carbonyl (C=O) groups excluding carboxylic acids is 1. The Morgan fingerprint density at radius 1 is 1.25 bits per heavy atom. The highest BCUT2D eigenvalue weighted by Crippen LogP contribution is 2.28. The first kappa shape index (κ1) is 14.0. The normalized spacial score (nSPS) is 10.1. The van der Waals surface area contributed by atoms with Crippen LogP contribution in [0.15, 0.2) is 46.6 Å². The van der Waals surface area contributed by atoms with Crippen molar-refractivity contribution in [3.8, 4) is 0 Å². The third-order valence-electron chi connectivity index (χ3n) is 2.34. The van der Waals surface area contributed by atoms with E-state index in [1.165, 1.54) is 25.6 Å². The van der Waals surface area contributed by atoms with Gasteiger partial charge in [-0.2, -0.15) is 0 Å². The number of esters is 1. The molecule has 0 atom stereocenters. The number of benzene rings is 1. The highest BCUT2D eigenvalue weighted by molar-refractivity contribution is 7.99. The van der Waals surface area contributed by atoms with Gasteiger partial charge in [-0.15, -0.1) is 0 Å². The molecule has 0 saturated heterocycles. The lowest BCUT2D eigenvalue weighted by atomic mass is 10.2. The molecule has 0 spiro atoms. The predicted octanol–water partition coefficient (Wildman–Crippen LogP) is 2.11. The Morgan fingerprint density at radius 2 is 2.00 bits per heavy atom. The number of carboxylic acid groups (broad SMARTS) is 1. The zero-order valence-corrected chi connectivity index (χ0v) is 11.3. The van der Waals surface area contributed by atoms with E-state index in [1.54, 1.807) is 18.2 Å². The smallest absolute Gasteiger partial charge is 0.358 e. The molecule has 1 aromatic heterocycles. The molecule has 1 N–H and O–H groups in total. The number of carboxylic acids is 1. The van der Waals surface area contributed by atoms with Gasteiger partial charge in [0.25, 0.3) is 0 Å². The van der Waals surface area contributed by atoms with Crippen LogP contribution in [0.1, 0.15) is 20.8 Å². The van der Waals surface area contributed by atoms with Crippen molar-refractivity contribution in [2.75, 3.05) is 7.11 Å². The van der Waals surface area contributed by atoms with Gasteiger partial charge in [0.05, 0.1) is 25.1 Å². The molecule has 0 aliphatic carbocycles. The largest absolute Gasteiger partial charge is 0.478 e. The number of rotatable bonds is 4. The average Bonchev–Trinajstić information content (AvgIpc) is 2.47. The van der Waals surface area contributed by atoms with E-state index in [0.29, 0.717) is 9.92 Å². The maximum Gasteiger partial charge on any atom is 0.358 e. The van der Waals surface area contributed by atoms with Gasteiger partial charge in [-0.05, 0) is 12.1 Å². The van der Waals surface area contributed by atoms with Crippen LogP contribution in [0.2, 0.25) is 0 Å². The van der Waals surface area contributed by atoms with Crippen molar-refractivity contribution >= 4 is 23.7 Å². The zero-order valence-electron chi connectivity index (χ0n) is 10.4. The molecule has 20 heavy (non-hydrogen) atoms. The van der Waals surface area contributed by atoms with Gasteiger partial charge < -0.3 is 9.84 Å². The summed E-state index contributed by atoms with van der Waals surface area (Å²) in [6.45, 7) is 0. The number of nitrogens with zero attached hydrogens (tertiary/aromatic N) is 2. The van der Waals surface area contributed by atoms with Crippen molar-refractivity contribution in [3.63, 3.8) is 0 Å². The standard InChI is InChI=1S/C13H10N2O4S/c1-19-13(18)9-6-14-7-11(15-9)20-10-5-3-2-4-8(10)12(16)17/h2-7H,1H3,(H,16,17). The summed E-state index contributed by atoms with van der Waals surface area (Å²) < 4.78 is 4.56. The van der Waals surface area contributed by atoms with E-state index in [0.717, 1.165) is 11.8 Å². The van der Waals surface area contributed by atoms with Gasteiger partial charge in [-0.3, -0.25) is 4.98 Å². The van der Waals surface area contributed by atoms with Crippen LogP contribution in [0.4, 0.5) is 0 Å². The van der Waals surface area contributed by atoms with E-state index in [4.69, 9.17) is 5.11 Å². The Balaban J connectivity index is 2.31. The van der Waals surface area contributed by atoms with Crippen molar-refractivity contribution in [1.29, 1.82) is 0 Å². The second-order valence-electron chi connectivity index (χ2n) is 3.64. The molecule has 0 amide bonds. The molecular weight excluding hydrogens is 280 g/mol. The summed E-state index contributed by atoms with van der Waals surface area (Å²) in [6, 6.07) is 6.54. The minimum Gasteiger partial charge on any atom is -0.478 e. The highest BCUT2D eigenvalue weighted by Gasteiger charge is 2.13. The minimum absolute atomic E-state index is 0.0744. The molecule has 2 aromatic rings. The van der Waals surface area contributed by atoms with E-state index in [1.807, 2.05) is 0 Å². The summed E-state index contributed by atoms with van der Waals surface area (Å²) >= 11 is 1.12. The van der Waals surface area contributed by atoms with Gasteiger partial charge in [0.2, 0.25) is 0 Å². The van der Waals surface area contributed by atoms with E-state index in [2.05, 4.69) is 14.7 Å². The topological polar surface area (TPSA) is 89.4 Å². The summed E-state index contributed by atoms with van der Waals surface area (Å²) in [5, 5.41) is 9.52. The number of hydrogen-bond donors (Lipinski definition) is 1. The second kappa shape index (κ2) is 6.16. The minimum atomic E-state index is -1.02. The summed E-state index contributed by atoms with van der Waals surface area (Å²) in [5.74, 6) is -1.61. The number of aromatic carboxylic acids is 1. The fraction of sp³-hybridized carbons (Fsp3) is 0.0769. The van der Waals surface area contributed by atoms with Crippen molar-refractivity contribution in [1.82, 2.24) is 9.97 Å². The molecule has 0 bridgehead atoms. The van der Waals surface area contributed by atoms with Gasteiger partial charge in [0.15, 0.2) is 5.69 Å². The Kier molecular flexibility index (Phi) is 4.31. The molecule has 2 rings (SSSR count). The predicted molar refractivity (Wildman–Crippen MR) is 70.9 cm³/mol. The van der Waals surface area contributed by atoms with Crippen molar-refractivity contribution in [2.24, 2.45) is 0 Å². The van der Waals surface area contributed by atoms with Gasteiger partial charge in [0, 0.05) is 4.90 Å². The zero-order chi connectivity index (χ0) is 14.5. The third-order valence-corrected chi connectivity index (χ3v) is 3.32. The molecule has 102 valence electrons. The molecule has 7 heteroatoms. The summed E-state index contributed by atoms with van der Waals surface area (Å²) in [7, 11) is 1.25. The van der Waals surface area contributed by atoms with Crippen molar-refractivity contribution in [3.05, 3.63) is 47.9 Å². The number of ether oxygens (including phenoxy) is 1. The van der Waals surface area contributed by atoms with E-state index in [9.17, 15) is 9.59 Å². The van der Waals surface area contributed by atoms with Gasteiger partial charge >= 0.3 is 11.9 Å². The molecule has 6 nitrogen and oxygen atoms in total. The Bertz CT molecular complexity index is 660. The van der Waals surface area contributed by atoms with Gasteiger partial charge in [0.1, 0.15) is 5.03 Å². The maximum atomic E-state index is 11.4. The summed E-state index contributed by atoms with van der Waals surface area (Å²) in [4.78, 5) is 31.0. The SMILES string of the molecule is COC(=O)c1cncc(Sc2ccccc2C(=O)O)n1. The third kappa shape index (κ3) is 3.12. The lowest BCUT2D eigenvalue weighted by Crippen LogP contribution is -2.05. The van der Waals surface area contributed by atoms with E-state index < -0.39 is 11.9 Å². The number of methoxy groups -OCH3 is 1. The fourth-order valence-electron chi connectivity index (χ4n) is 1.45. The summed E-state index contributed by atoms with van der Waals surface area (Å²) in [5.41, 5.74) is 0.244. The highest BCUT2D eigenvalue weighted by atomic mass is 32.2. The first-order valence-corrected chi connectivity index (χ1v) is 6.34. The van der Waals surface area contributed by atoms with Crippen LogP contribution >= 0.6 is 11.8 Å². The molecule has 1 heterocycles. The Hall–Kier alpha value is -2.41. The molecule has 0 fully saturated rings. The van der Waals surface area contributed by atoms with Crippen molar-refractivity contribution < 1.29 is 19.4 Å². The van der Waals surface area contributed by atoms with E-state index >= 15 is 0 Å². The van der Waals surface area contributed by atoms with Crippen LogP contribution in [0.5, 0.6) is 0 Å². The Morgan fingerprint density at radius 3 is 2.70 bits per heavy atom. The van der Waals surface area contributed by atoms with Gasteiger partial charge in [-0.1, -0.05) is 23.9 Å². The van der Waals surface area contributed by atoms with Crippen LogP contribution in [0.25, 0.3) is 0 Å². The first-order chi connectivity index (χ1) is 9.61. The van der Waals surface area contributed by atoms with Gasteiger partial charge in [-0.25, -0.2) is 14.6 Å². The quantitative estimate of drug-likeness (QED) is 0.862. The van der Waals surface area contributed by atoms with Crippen LogP contribution in [-0.2, 0) is 4.74 Å². The lowest BCUT2D eigenvalue weighted by molar-refractivity contribution is 0.0591. The van der Waals surface area contributed by atoms with Crippen LogP contribution < -0.4 is 0 Å². The molecule has 0 saturated carbocycles. The second-order valence-corrected chi connectivity index (χ2v) is 4.70. The fourth-order valence-corrected chi connectivity index (χ4v) is 2.34. The first-order valence-electron chi connectivity index (χ1n) is 5.52. The average molecular weight is 290 g/mol. The molecule has 1 aromatic carbocycles. The maximum absolute atomic E-state index is 11.4. The van der Waals surface area contributed by atoms with Crippen LogP contribution in [-0.4, -0.2) is 34.1 Å². The van der Waals surface area contributed by atoms with Crippen molar-refractivity contribution in [2.45, 2.75) is 9.92 Å². The van der Waals surface area contributed by atoms with E-state index in [-0.39, 0.29) is 11.3 Å². The Labute approximate surface area is 118 Å². The molecule has 0 unspecified atom stereocenters. The monoisotopic (exact) mass is 290 g/mol. The molecule has 0 radical (unpaired) electrons. The molecule has 0 aliphatic rings. The molecular formula is C13H10N2O4S. The number of hydrogen-bond acceptors (Lipinski definition) is 6. The van der Waals surface area contributed by atoms with Crippen LogP contribution in [0, 0.1) is 0 Å². The molecule has 0 aliphatic heterocycles. The number of aromatic nitrogens is 2. The number of carbonyl (C=O) groups is 2. The van der Waals surface area contributed by atoms with Crippen LogP contribution in [0.3, 0.4) is 0 Å².